The molecular formula is C46H66N2O5. The Bertz CT molecular complexity index is 1670. The van der Waals surface area contributed by atoms with Crippen LogP contribution in [0.2, 0.25) is 0 Å². The first-order chi connectivity index (χ1) is 24.9. The molecule has 6 aliphatic rings. The molecule has 7 nitrogen and oxygen atoms in total. The van der Waals surface area contributed by atoms with Crippen molar-refractivity contribution in [2.24, 2.45) is 50.2 Å². The molecule has 1 aromatic rings. The largest absolute Gasteiger partial charge is 0.497 e. The number of nitrogens with zero attached hydrogens (tertiary/aromatic N) is 2. The molecule has 0 bridgehead atoms. The van der Waals surface area contributed by atoms with E-state index in [2.05, 4.69) is 59.4 Å². The monoisotopic (exact) mass is 726 g/mol. The second-order valence-corrected chi connectivity index (χ2v) is 20.1. The topological polar surface area (TPSA) is 76.2 Å². The lowest BCUT2D eigenvalue weighted by atomic mass is 9.33. The lowest BCUT2D eigenvalue weighted by Crippen LogP contribution is -2.66. The number of piperazine rings is 1. The van der Waals surface area contributed by atoms with Gasteiger partial charge < -0.3 is 19.3 Å². The first kappa shape index (κ1) is 38.2. The van der Waals surface area contributed by atoms with E-state index in [9.17, 15) is 9.59 Å². The summed E-state index contributed by atoms with van der Waals surface area (Å²) < 4.78 is 11.2. The lowest BCUT2D eigenvalue weighted by Gasteiger charge is -2.71. The van der Waals surface area contributed by atoms with E-state index in [-0.39, 0.29) is 56.4 Å². The van der Waals surface area contributed by atoms with E-state index in [1.165, 1.54) is 6.42 Å². The maximum absolute atomic E-state index is 15.1. The van der Waals surface area contributed by atoms with Gasteiger partial charge >= 0.3 is 5.97 Å². The summed E-state index contributed by atoms with van der Waals surface area (Å²) in [7, 11) is 1.65. The smallest absolute Gasteiger partial charge is 0.302 e. The number of rotatable bonds is 5. The zero-order chi connectivity index (χ0) is 38.2. The molecule has 2 amide bonds. The number of hydrogen-bond acceptors (Lipinski definition) is 5. The van der Waals surface area contributed by atoms with Crippen molar-refractivity contribution < 1.29 is 23.9 Å². The predicted octanol–water partition coefficient (Wildman–Crippen LogP) is 9.11. The third kappa shape index (κ3) is 6.09. The minimum atomic E-state index is -0.365. The molecule has 0 N–H and O–H groups in total. The van der Waals surface area contributed by atoms with Gasteiger partial charge in [-0.2, -0.15) is 0 Å². The fourth-order valence-corrected chi connectivity index (χ4v) is 13.4. The second kappa shape index (κ2) is 13.3. The van der Waals surface area contributed by atoms with Crippen LogP contribution >= 0.6 is 0 Å². The Balaban J connectivity index is 1.11. The van der Waals surface area contributed by atoms with Crippen LogP contribution in [0.4, 0.5) is 0 Å². The number of amides is 2. The van der Waals surface area contributed by atoms with Crippen LogP contribution in [-0.4, -0.2) is 67.0 Å². The first-order valence-electron chi connectivity index (χ1n) is 20.7. The van der Waals surface area contributed by atoms with Crippen molar-refractivity contribution in [2.75, 3.05) is 33.3 Å². The number of hydrogen-bond donors (Lipinski definition) is 0. The van der Waals surface area contributed by atoms with Gasteiger partial charge in [0.2, 0.25) is 11.8 Å². The molecule has 1 heterocycles. The van der Waals surface area contributed by atoms with E-state index in [4.69, 9.17) is 9.47 Å². The molecule has 0 unspecified atom stereocenters. The molecule has 4 saturated carbocycles. The van der Waals surface area contributed by atoms with E-state index < -0.39 is 0 Å². The highest BCUT2D eigenvalue weighted by atomic mass is 16.5. The third-order valence-corrected chi connectivity index (χ3v) is 16.7. The van der Waals surface area contributed by atoms with Crippen LogP contribution < -0.4 is 4.74 Å². The van der Waals surface area contributed by atoms with E-state index >= 15 is 4.79 Å². The van der Waals surface area contributed by atoms with Crippen LogP contribution in [0.25, 0.3) is 6.08 Å². The van der Waals surface area contributed by atoms with Gasteiger partial charge in [-0.25, -0.2) is 0 Å². The molecule has 0 aromatic heterocycles. The minimum absolute atomic E-state index is 0.00126. The molecule has 8 atom stereocenters. The second-order valence-electron chi connectivity index (χ2n) is 20.1. The van der Waals surface area contributed by atoms with E-state index in [0.29, 0.717) is 43.9 Å². The summed E-state index contributed by atoms with van der Waals surface area (Å²) in [6.07, 6.45) is 16.7. The summed E-state index contributed by atoms with van der Waals surface area (Å²) in [5.74, 6) is 2.29. The van der Waals surface area contributed by atoms with Crippen LogP contribution in [0.15, 0.2) is 42.0 Å². The first-order valence-corrected chi connectivity index (χ1v) is 20.7. The molecule has 1 aromatic carbocycles. The quantitative estimate of drug-likeness (QED) is 0.172. The molecule has 7 rings (SSSR count). The molecule has 7 heteroatoms. The van der Waals surface area contributed by atoms with Crippen molar-refractivity contribution in [1.82, 2.24) is 9.80 Å². The van der Waals surface area contributed by atoms with Gasteiger partial charge in [0.05, 0.1) is 12.5 Å². The van der Waals surface area contributed by atoms with Gasteiger partial charge in [-0.3, -0.25) is 14.4 Å². The molecule has 5 fully saturated rings. The highest BCUT2D eigenvalue weighted by Crippen LogP contribution is 2.76. The fraction of sp³-hybridized carbons (Fsp3) is 0.717. The highest BCUT2D eigenvalue weighted by Gasteiger charge is 2.69. The highest BCUT2D eigenvalue weighted by molar-refractivity contribution is 5.92. The Kier molecular flexibility index (Phi) is 9.58. The van der Waals surface area contributed by atoms with Crippen LogP contribution in [0, 0.1) is 50.2 Å². The zero-order valence-electron chi connectivity index (χ0n) is 34.2. The van der Waals surface area contributed by atoms with Crippen LogP contribution in [0.5, 0.6) is 5.75 Å². The Labute approximate surface area is 319 Å². The lowest BCUT2D eigenvalue weighted by molar-refractivity contribution is -0.212. The summed E-state index contributed by atoms with van der Waals surface area (Å²) in [4.78, 5) is 44.4. The number of benzene rings is 1. The zero-order valence-corrected chi connectivity index (χ0v) is 34.2. The van der Waals surface area contributed by atoms with Crippen molar-refractivity contribution >= 4 is 23.9 Å². The van der Waals surface area contributed by atoms with Crippen molar-refractivity contribution in [1.29, 1.82) is 0 Å². The van der Waals surface area contributed by atoms with Crippen molar-refractivity contribution in [2.45, 2.75) is 126 Å². The van der Waals surface area contributed by atoms with Gasteiger partial charge in [0.25, 0.3) is 0 Å². The molecule has 1 saturated heterocycles. The number of methoxy groups -OCH3 is 1. The summed E-state index contributed by atoms with van der Waals surface area (Å²) in [6.45, 7) is 21.2. The molecule has 53 heavy (non-hydrogen) atoms. The van der Waals surface area contributed by atoms with Crippen molar-refractivity contribution in [3.05, 3.63) is 47.6 Å². The van der Waals surface area contributed by atoms with Crippen molar-refractivity contribution in [3.63, 3.8) is 0 Å². The standard InChI is InChI=1S/C46H66N2O5/c1-31(49)53-38-19-20-43(6)36(42(38,4)5)18-21-45(8)37(43)16-15-34-35-30-41(2,3)22-24-46(35,25-23-44(34,45)7)40(51)48-28-26-47(27-29-48)39(50)17-12-32-10-13-33(52-9)14-11-32/h10-15,17,35-38H,16,18-30H2,1-9H3/b17-12+/t35-,36-,37+,38-,43-,44+,45+,46-/m0/s1. The molecular weight excluding hydrogens is 661 g/mol. The van der Waals surface area contributed by atoms with Gasteiger partial charge in [-0.1, -0.05) is 72.2 Å². The number of fused-ring (bicyclic) bond motifs is 7. The average molecular weight is 727 g/mol. The van der Waals surface area contributed by atoms with E-state index in [1.54, 1.807) is 25.7 Å². The van der Waals surface area contributed by atoms with Gasteiger partial charge in [0.1, 0.15) is 11.9 Å². The summed E-state index contributed by atoms with van der Waals surface area (Å²) in [5, 5.41) is 0. The predicted molar refractivity (Wildman–Crippen MR) is 210 cm³/mol. The van der Waals surface area contributed by atoms with E-state index in [0.717, 1.165) is 69.1 Å². The molecule has 0 radical (unpaired) electrons. The Morgan fingerprint density at radius 1 is 0.792 bits per heavy atom. The normalized spacial score (nSPS) is 38.8. The number of ether oxygens (including phenoxy) is 2. The third-order valence-electron chi connectivity index (χ3n) is 16.7. The van der Waals surface area contributed by atoms with Crippen molar-refractivity contribution in [3.8, 4) is 5.75 Å². The summed E-state index contributed by atoms with van der Waals surface area (Å²) >= 11 is 0. The Hall–Kier alpha value is -3.09. The maximum Gasteiger partial charge on any atom is 0.302 e. The minimum Gasteiger partial charge on any atom is -0.497 e. The fourth-order valence-electron chi connectivity index (χ4n) is 13.4. The van der Waals surface area contributed by atoms with Gasteiger partial charge in [0.15, 0.2) is 0 Å². The van der Waals surface area contributed by atoms with Gasteiger partial charge in [0, 0.05) is 44.6 Å². The number of carbonyl (C=O) groups excluding carboxylic acids is 3. The summed E-state index contributed by atoms with van der Waals surface area (Å²) in [5.41, 5.74) is 2.68. The molecule has 1 aliphatic heterocycles. The number of carbonyl (C=O) groups is 3. The van der Waals surface area contributed by atoms with Crippen LogP contribution in [0.3, 0.4) is 0 Å². The van der Waals surface area contributed by atoms with Crippen LogP contribution in [0.1, 0.15) is 125 Å². The number of esters is 1. The van der Waals surface area contributed by atoms with Gasteiger partial charge in [-0.05, 0) is 127 Å². The SMILES string of the molecule is COc1ccc(/C=C/C(=O)N2CCN(C(=O)[C@]34CCC(C)(C)C[C@H]3C3=CC[C@@H]5[C@@]6(C)CC[C@H](OC(C)=O)C(C)(C)[C@@H]6CC[C@@]5(C)[C@]3(C)CC4)CC2)cc1. The maximum atomic E-state index is 15.1. The average Bonchev–Trinajstić information content (AvgIpc) is 3.11. The molecule has 290 valence electrons. The number of allylic oxidation sites excluding steroid dienone is 2. The van der Waals surface area contributed by atoms with E-state index in [1.807, 2.05) is 35.2 Å². The summed E-state index contributed by atoms with van der Waals surface area (Å²) in [6, 6.07) is 7.69. The Morgan fingerprint density at radius 2 is 1.45 bits per heavy atom. The van der Waals surface area contributed by atoms with Crippen LogP contribution in [-0.2, 0) is 19.1 Å². The molecule has 0 spiro atoms. The Morgan fingerprint density at radius 3 is 2.11 bits per heavy atom. The molecule has 5 aliphatic carbocycles. The van der Waals surface area contributed by atoms with Gasteiger partial charge in [-0.15, -0.1) is 0 Å².